The standard InChI is InChI=1S/C13H25O7P/c1-2-3-4-5-6-7-8-9-13(15)19-10-12(14)11-20-21(16,17)18/h2,12,14H,1,3-11H2,(H2,16,17,18). The van der Waals surface area contributed by atoms with Crippen LogP contribution in [0.1, 0.15) is 44.9 Å². The van der Waals surface area contributed by atoms with E-state index in [1.165, 1.54) is 0 Å². The topological polar surface area (TPSA) is 113 Å². The fourth-order valence-corrected chi connectivity index (χ4v) is 1.95. The van der Waals surface area contributed by atoms with Crippen LogP contribution in [0.25, 0.3) is 0 Å². The molecule has 0 rings (SSSR count). The molecule has 0 aliphatic carbocycles. The zero-order valence-corrected chi connectivity index (χ0v) is 13.0. The number of allylic oxidation sites excluding steroid dienone is 1. The monoisotopic (exact) mass is 324 g/mol. The van der Waals surface area contributed by atoms with E-state index < -0.39 is 26.5 Å². The van der Waals surface area contributed by atoms with Crippen LogP contribution in [0, 0.1) is 0 Å². The van der Waals surface area contributed by atoms with E-state index in [1.54, 1.807) is 0 Å². The molecule has 0 saturated carbocycles. The molecule has 0 bridgehead atoms. The van der Waals surface area contributed by atoms with Gasteiger partial charge in [-0.15, -0.1) is 6.58 Å². The zero-order chi connectivity index (χ0) is 16.1. The number of hydrogen-bond donors (Lipinski definition) is 3. The maximum absolute atomic E-state index is 11.3. The predicted octanol–water partition coefficient (Wildman–Crippen LogP) is 1.92. The maximum Gasteiger partial charge on any atom is 0.469 e. The molecule has 0 aliphatic rings. The van der Waals surface area contributed by atoms with Gasteiger partial charge in [0.1, 0.15) is 12.7 Å². The third-order valence-electron chi connectivity index (χ3n) is 2.66. The lowest BCUT2D eigenvalue weighted by Crippen LogP contribution is -2.23. The summed E-state index contributed by atoms with van der Waals surface area (Å²) in [5, 5.41) is 9.30. The Hall–Kier alpha value is -0.720. The highest BCUT2D eigenvalue weighted by atomic mass is 31.2. The molecule has 0 fully saturated rings. The van der Waals surface area contributed by atoms with Crippen LogP contribution < -0.4 is 0 Å². The van der Waals surface area contributed by atoms with E-state index in [0.29, 0.717) is 0 Å². The summed E-state index contributed by atoms with van der Waals surface area (Å²) in [6.07, 6.45) is 6.86. The number of ether oxygens (including phenoxy) is 1. The molecule has 0 radical (unpaired) electrons. The second-order valence-electron chi connectivity index (χ2n) is 4.72. The van der Waals surface area contributed by atoms with Crippen LogP contribution in [0.4, 0.5) is 0 Å². The fraction of sp³-hybridized carbons (Fsp3) is 0.769. The first kappa shape index (κ1) is 20.3. The van der Waals surface area contributed by atoms with E-state index in [-0.39, 0.29) is 13.0 Å². The lowest BCUT2D eigenvalue weighted by Gasteiger charge is -2.12. The van der Waals surface area contributed by atoms with Crippen LogP contribution in [0.3, 0.4) is 0 Å². The van der Waals surface area contributed by atoms with Crippen LogP contribution in [0.2, 0.25) is 0 Å². The van der Waals surface area contributed by atoms with Crippen LogP contribution in [-0.2, 0) is 18.6 Å². The molecule has 0 aromatic heterocycles. The van der Waals surface area contributed by atoms with Gasteiger partial charge in [-0.25, -0.2) is 4.57 Å². The smallest absolute Gasteiger partial charge is 0.463 e. The van der Waals surface area contributed by atoms with E-state index in [9.17, 15) is 14.5 Å². The average Bonchev–Trinajstić information content (AvgIpc) is 2.41. The Morgan fingerprint density at radius 3 is 2.38 bits per heavy atom. The average molecular weight is 324 g/mol. The van der Waals surface area contributed by atoms with Gasteiger partial charge in [0.2, 0.25) is 0 Å². The van der Waals surface area contributed by atoms with Crippen molar-refractivity contribution in [2.75, 3.05) is 13.2 Å². The number of aliphatic hydroxyl groups excluding tert-OH is 1. The zero-order valence-electron chi connectivity index (χ0n) is 12.1. The van der Waals surface area contributed by atoms with Gasteiger partial charge in [-0.1, -0.05) is 25.3 Å². The molecule has 1 unspecified atom stereocenters. The molecule has 7 nitrogen and oxygen atoms in total. The van der Waals surface area contributed by atoms with Gasteiger partial charge in [0.25, 0.3) is 0 Å². The van der Waals surface area contributed by atoms with Crippen LogP contribution in [0.15, 0.2) is 12.7 Å². The van der Waals surface area contributed by atoms with Crippen molar-refractivity contribution in [3.63, 3.8) is 0 Å². The summed E-state index contributed by atoms with van der Waals surface area (Å²) in [5.74, 6) is -0.434. The van der Waals surface area contributed by atoms with Gasteiger partial charge >= 0.3 is 13.8 Å². The summed E-state index contributed by atoms with van der Waals surface area (Å²) in [4.78, 5) is 28.2. The number of rotatable bonds is 13. The molecule has 124 valence electrons. The van der Waals surface area contributed by atoms with Crippen molar-refractivity contribution in [3.8, 4) is 0 Å². The molecule has 0 aromatic carbocycles. The predicted molar refractivity (Wildman–Crippen MR) is 77.5 cm³/mol. The van der Waals surface area contributed by atoms with Crippen molar-refractivity contribution in [3.05, 3.63) is 12.7 Å². The van der Waals surface area contributed by atoms with E-state index in [4.69, 9.17) is 14.5 Å². The molecule has 0 amide bonds. The molecule has 3 N–H and O–H groups in total. The highest BCUT2D eigenvalue weighted by Gasteiger charge is 2.17. The lowest BCUT2D eigenvalue weighted by molar-refractivity contribution is -0.147. The second-order valence-corrected chi connectivity index (χ2v) is 5.96. The summed E-state index contributed by atoms with van der Waals surface area (Å²) < 4.78 is 19.3. The first-order valence-electron chi connectivity index (χ1n) is 7.00. The minimum absolute atomic E-state index is 0.271. The normalized spacial score (nSPS) is 12.9. The number of esters is 1. The van der Waals surface area contributed by atoms with Gasteiger partial charge in [-0.2, -0.15) is 0 Å². The molecule has 0 spiro atoms. The van der Waals surface area contributed by atoms with Crippen LogP contribution >= 0.6 is 7.82 Å². The maximum atomic E-state index is 11.3. The Kier molecular flexibility index (Phi) is 11.5. The van der Waals surface area contributed by atoms with Crippen molar-refractivity contribution in [2.24, 2.45) is 0 Å². The summed E-state index contributed by atoms with van der Waals surface area (Å²) in [5.41, 5.74) is 0. The number of phosphoric acid groups is 1. The van der Waals surface area contributed by atoms with Gasteiger partial charge in [0.05, 0.1) is 6.61 Å². The number of unbranched alkanes of at least 4 members (excludes halogenated alkanes) is 5. The van der Waals surface area contributed by atoms with Crippen molar-refractivity contribution >= 4 is 13.8 Å². The molecular weight excluding hydrogens is 299 g/mol. The number of aliphatic hydroxyl groups is 1. The minimum atomic E-state index is -4.61. The summed E-state index contributed by atoms with van der Waals surface area (Å²) in [7, 11) is -4.61. The van der Waals surface area contributed by atoms with Gasteiger partial charge in [0, 0.05) is 6.42 Å². The lowest BCUT2D eigenvalue weighted by atomic mass is 10.1. The molecule has 0 aliphatic heterocycles. The number of phosphoric ester groups is 1. The molecule has 0 heterocycles. The van der Waals surface area contributed by atoms with Crippen molar-refractivity contribution in [1.29, 1.82) is 0 Å². The van der Waals surface area contributed by atoms with Gasteiger partial charge in [-0.3, -0.25) is 9.32 Å². The third-order valence-corrected chi connectivity index (χ3v) is 3.15. The second kappa shape index (κ2) is 11.9. The fourth-order valence-electron chi connectivity index (χ4n) is 1.58. The van der Waals surface area contributed by atoms with E-state index >= 15 is 0 Å². The molecular formula is C13H25O7P. The summed E-state index contributed by atoms with van der Waals surface area (Å²) in [6, 6.07) is 0. The highest BCUT2D eigenvalue weighted by Crippen LogP contribution is 2.35. The quantitative estimate of drug-likeness (QED) is 0.205. The number of hydrogen-bond acceptors (Lipinski definition) is 5. The Morgan fingerprint density at radius 1 is 1.14 bits per heavy atom. The Bertz CT molecular complexity index is 339. The minimum Gasteiger partial charge on any atom is -0.463 e. The first-order valence-corrected chi connectivity index (χ1v) is 8.53. The van der Waals surface area contributed by atoms with Crippen molar-refractivity contribution in [2.45, 2.75) is 51.0 Å². The van der Waals surface area contributed by atoms with Crippen molar-refractivity contribution in [1.82, 2.24) is 0 Å². The largest absolute Gasteiger partial charge is 0.469 e. The molecule has 0 aromatic rings. The Morgan fingerprint density at radius 2 is 1.76 bits per heavy atom. The molecule has 21 heavy (non-hydrogen) atoms. The Labute approximate surface area is 125 Å². The molecule has 1 atom stereocenters. The molecule has 8 heteroatoms. The number of carbonyl (C=O) groups is 1. The van der Waals surface area contributed by atoms with Gasteiger partial charge < -0.3 is 19.6 Å². The third kappa shape index (κ3) is 15.5. The van der Waals surface area contributed by atoms with E-state index in [0.717, 1.165) is 38.5 Å². The molecule has 0 saturated heterocycles. The summed E-state index contributed by atoms with van der Waals surface area (Å²) in [6.45, 7) is 2.73. The van der Waals surface area contributed by atoms with E-state index in [1.807, 2.05) is 6.08 Å². The number of carbonyl (C=O) groups excluding carboxylic acids is 1. The summed E-state index contributed by atoms with van der Waals surface area (Å²) >= 11 is 0. The first-order chi connectivity index (χ1) is 9.85. The van der Waals surface area contributed by atoms with E-state index in [2.05, 4.69) is 11.1 Å². The van der Waals surface area contributed by atoms with Gasteiger partial charge in [-0.05, 0) is 19.3 Å². The van der Waals surface area contributed by atoms with Gasteiger partial charge in [0.15, 0.2) is 0 Å². The highest BCUT2D eigenvalue weighted by molar-refractivity contribution is 7.46. The van der Waals surface area contributed by atoms with Crippen LogP contribution in [0.5, 0.6) is 0 Å². The van der Waals surface area contributed by atoms with Crippen molar-refractivity contribution < 1.29 is 33.5 Å². The Balaban J connectivity index is 3.49. The SMILES string of the molecule is C=CCCCCCCCC(=O)OCC(O)COP(=O)(O)O. The van der Waals surface area contributed by atoms with Crippen LogP contribution in [-0.4, -0.2) is 40.2 Å².